The highest BCUT2D eigenvalue weighted by atomic mass is 35.5. The molecule has 0 saturated heterocycles. The maximum Gasteiger partial charge on any atom is 0.286 e. The van der Waals surface area contributed by atoms with Gasteiger partial charge in [-0.25, -0.2) is 4.39 Å². The lowest BCUT2D eigenvalue weighted by Crippen LogP contribution is -2.25. The van der Waals surface area contributed by atoms with Crippen LogP contribution in [0.1, 0.15) is 16.1 Å². The number of nitrogens with one attached hydrogen (secondary N) is 1. The molecule has 1 aromatic carbocycles. The molecule has 0 atom stereocenters. The van der Waals surface area contributed by atoms with Gasteiger partial charge in [-0.15, -0.1) is 0 Å². The van der Waals surface area contributed by atoms with E-state index in [1.807, 2.05) is 0 Å². The lowest BCUT2D eigenvalue weighted by atomic mass is 10.1. The Morgan fingerprint density at radius 3 is 2.94 bits per heavy atom. The van der Waals surface area contributed by atoms with Crippen molar-refractivity contribution in [1.82, 2.24) is 5.32 Å². The number of carbonyl (C=O) groups excluding carboxylic acids is 1. The summed E-state index contributed by atoms with van der Waals surface area (Å²) in [5.74, 6) is -0.407. The van der Waals surface area contributed by atoms with Crippen molar-refractivity contribution in [2.75, 3.05) is 6.54 Å². The molecule has 2 aromatic rings. The third-order valence-electron chi connectivity index (χ3n) is 2.43. The van der Waals surface area contributed by atoms with Gasteiger partial charge in [-0.2, -0.15) is 0 Å². The summed E-state index contributed by atoms with van der Waals surface area (Å²) < 4.78 is 18.3. The van der Waals surface area contributed by atoms with Crippen LogP contribution in [0, 0.1) is 5.82 Å². The van der Waals surface area contributed by atoms with E-state index in [9.17, 15) is 9.18 Å². The third kappa shape index (κ3) is 3.11. The molecule has 0 aliphatic heterocycles. The van der Waals surface area contributed by atoms with Crippen LogP contribution in [0.2, 0.25) is 5.02 Å². The van der Waals surface area contributed by atoms with Gasteiger partial charge in [-0.1, -0.05) is 11.6 Å². The van der Waals surface area contributed by atoms with Crippen LogP contribution in [0.25, 0.3) is 0 Å². The van der Waals surface area contributed by atoms with Gasteiger partial charge in [0.2, 0.25) is 0 Å². The van der Waals surface area contributed by atoms with Crippen molar-refractivity contribution in [3.63, 3.8) is 0 Å². The van der Waals surface area contributed by atoms with Crippen LogP contribution in [0.3, 0.4) is 0 Å². The van der Waals surface area contributed by atoms with Crippen molar-refractivity contribution in [2.45, 2.75) is 6.42 Å². The molecule has 1 heterocycles. The second-order valence-corrected chi connectivity index (χ2v) is 4.16. The Kier molecular flexibility index (Phi) is 3.99. The molecule has 3 nitrogen and oxygen atoms in total. The summed E-state index contributed by atoms with van der Waals surface area (Å²) in [6.07, 6.45) is 1.80. The number of halogens is 2. The highest BCUT2D eigenvalue weighted by Gasteiger charge is 2.08. The average Bonchev–Trinajstić information content (AvgIpc) is 2.87. The maximum atomic E-state index is 13.4. The second kappa shape index (κ2) is 5.69. The molecule has 0 fully saturated rings. The minimum atomic E-state index is -0.327. The fraction of sp³-hybridized carbons (Fsp3) is 0.154. The van der Waals surface area contributed by atoms with Crippen LogP contribution in [0.5, 0.6) is 0 Å². The largest absolute Gasteiger partial charge is 0.459 e. The van der Waals surface area contributed by atoms with Gasteiger partial charge >= 0.3 is 0 Å². The van der Waals surface area contributed by atoms with Gasteiger partial charge in [0.1, 0.15) is 5.82 Å². The summed E-state index contributed by atoms with van der Waals surface area (Å²) in [6.45, 7) is 0.316. The van der Waals surface area contributed by atoms with E-state index in [0.717, 1.165) is 0 Å². The van der Waals surface area contributed by atoms with E-state index in [2.05, 4.69) is 5.32 Å². The van der Waals surface area contributed by atoms with Crippen molar-refractivity contribution < 1.29 is 13.6 Å². The number of hydrogen-bond donors (Lipinski definition) is 1. The van der Waals surface area contributed by atoms with Gasteiger partial charge in [0, 0.05) is 11.6 Å². The first-order chi connectivity index (χ1) is 8.66. The number of benzene rings is 1. The molecular weight excluding hydrogens is 257 g/mol. The minimum Gasteiger partial charge on any atom is -0.459 e. The fourth-order valence-corrected chi connectivity index (χ4v) is 1.74. The molecule has 0 aliphatic carbocycles. The Labute approximate surface area is 109 Å². The second-order valence-electron chi connectivity index (χ2n) is 3.72. The quantitative estimate of drug-likeness (QED) is 0.925. The monoisotopic (exact) mass is 267 g/mol. The smallest absolute Gasteiger partial charge is 0.286 e. The van der Waals surface area contributed by atoms with Gasteiger partial charge in [0.15, 0.2) is 5.76 Å². The first-order valence-electron chi connectivity index (χ1n) is 5.42. The molecule has 1 amide bonds. The van der Waals surface area contributed by atoms with Crippen LogP contribution < -0.4 is 5.32 Å². The van der Waals surface area contributed by atoms with E-state index in [-0.39, 0.29) is 17.5 Å². The van der Waals surface area contributed by atoms with E-state index < -0.39 is 0 Å². The van der Waals surface area contributed by atoms with Crippen LogP contribution in [0.4, 0.5) is 4.39 Å². The van der Waals surface area contributed by atoms with Gasteiger partial charge in [-0.3, -0.25) is 4.79 Å². The fourth-order valence-electron chi connectivity index (χ4n) is 1.54. The van der Waals surface area contributed by atoms with E-state index in [1.54, 1.807) is 18.2 Å². The lowest BCUT2D eigenvalue weighted by Gasteiger charge is -2.05. The molecular formula is C13H11ClFNO2. The zero-order chi connectivity index (χ0) is 13.0. The maximum absolute atomic E-state index is 13.4. The van der Waals surface area contributed by atoms with Gasteiger partial charge in [0.05, 0.1) is 6.26 Å². The predicted octanol–water partition coefficient (Wildman–Crippen LogP) is 3.04. The molecule has 18 heavy (non-hydrogen) atoms. The molecule has 0 saturated carbocycles. The first kappa shape index (κ1) is 12.6. The molecule has 0 unspecified atom stereocenters. The van der Waals surface area contributed by atoms with Crippen LogP contribution >= 0.6 is 11.6 Å². The molecule has 0 bridgehead atoms. The Balaban J connectivity index is 1.89. The van der Waals surface area contributed by atoms with Crippen LogP contribution in [0.15, 0.2) is 41.0 Å². The number of rotatable bonds is 4. The molecule has 5 heteroatoms. The van der Waals surface area contributed by atoms with E-state index in [4.69, 9.17) is 16.0 Å². The topological polar surface area (TPSA) is 42.2 Å². The van der Waals surface area contributed by atoms with E-state index >= 15 is 0 Å². The Morgan fingerprint density at radius 1 is 1.39 bits per heavy atom. The van der Waals surface area contributed by atoms with Gasteiger partial charge < -0.3 is 9.73 Å². The molecule has 2 rings (SSSR count). The Hall–Kier alpha value is -1.81. The van der Waals surface area contributed by atoms with Crippen molar-refractivity contribution in [3.8, 4) is 0 Å². The zero-order valence-corrected chi connectivity index (χ0v) is 10.2. The van der Waals surface area contributed by atoms with Crippen LogP contribution in [-0.4, -0.2) is 12.5 Å². The number of amides is 1. The predicted molar refractivity (Wildman–Crippen MR) is 66.2 cm³/mol. The third-order valence-corrected chi connectivity index (χ3v) is 2.67. The molecule has 0 radical (unpaired) electrons. The normalized spacial score (nSPS) is 10.3. The van der Waals surface area contributed by atoms with Crippen molar-refractivity contribution in [3.05, 3.63) is 58.8 Å². The highest BCUT2D eigenvalue weighted by molar-refractivity contribution is 6.30. The van der Waals surface area contributed by atoms with Crippen LogP contribution in [-0.2, 0) is 6.42 Å². The van der Waals surface area contributed by atoms with Gasteiger partial charge in [-0.05, 0) is 42.3 Å². The average molecular weight is 268 g/mol. The summed E-state index contributed by atoms with van der Waals surface area (Å²) in [7, 11) is 0. The molecule has 1 aromatic heterocycles. The minimum absolute atomic E-state index is 0.238. The Bertz CT molecular complexity index is 540. The van der Waals surface area contributed by atoms with Crippen molar-refractivity contribution in [2.24, 2.45) is 0 Å². The standard InChI is InChI=1S/C13H11ClFNO2/c14-10-3-4-11(15)9(8-10)5-6-16-13(17)12-2-1-7-18-12/h1-4,7-8H,5-6H2,(H,16,17). The Morgan fingerprint density at radius 2 is 2.22 bits per heavy atom. The lowest BCUT2D eigenvalue weighted by molar-refractivity contribution is 0.0926. The zero-order valence-electron chi connectivity index (χ0n) is 9.45. The van der Waals surface area contributed by atoms with E-state index in [1.165, 1.54) is 18.4 Å². The number of furan rings is 1. The summed E-state index contributed by atoms with van der Waals surface area (Å²) in [5.41, 5.74) is 0.474. The molecule has 94 valence electrons. The molecule has 0 spiro atoms. The van der Waals surface area contributed by atoms with Crippen molar-refractivity contribution in [1.29, 1.82) is 0 Å². The summed E-state index contributed by atoms with van der Waals surface area (Å²) in [4.78, 5) is 11.5. The van der Waals surface area contributed by atoms with Crippen molar-refractivity contribution >= 4 is 17.5 Å². The SMILES string of the molecule is O=C(NCCc1cc(Cl)ccc1F)c1ccco1. The van der Waals surface area contributed by atoms with Gasteiger partial charge in [0.25, 0.3) is 5.91 Å². The number of hydrogen-bond acceptors (Lipinski definition) is 2. The highest BCUT2D eigenvalue weighted by Crippen LogP contribution is 2.15. The summed E-state index contributed by atoms with van der Waals surface area (Å²) in [6, 6.07) is 7.55. The summed E-state index contributed by atoms with van der Waals surface area (Å²) in [5, 5.41) is 3.11. The molecule has 0 aliphatic rings. The first-order valence-corrected chi connectivity index (χ1v) is 5.80. The summed E-state index contributed by atoms with van der Waals surface area (Å²) >= 11 is 5.77. The number of carbonyl (C=O) groups is 1. The molecule has 1 N–H and O–H groups in total. The van der Waals surface area contributed by atoms with E-state index in [0.29, 0.717) is 23.6 Å².